The molecule has 5 heteroatoms. The Morgan fingerprint density at radius 1 is 1.41 bits per heavy atom. The van der Waals surface area contributed by atoms with Gasteiger partial charge in [0.05, 0.1) is 11.7 Å². The van der Waals surface area contributed by atoms with Crippen molar-refractivity contribution in [3.8, 4) is 0 Å². The zero-order valence-corrected chi connectivity index (χ0v) is 13.5. The van der Waals surface area contributed by atoms with E-state index in [-0.39, 0.29) is 5.41 Å². The predicted octanol–water partition coefficient (Wildman–Crippen LogP) is 2.47. The molecule has 1 atom stereocenters. The predicted molar refractivity (Wildman–Crippen MR) is 84.4 cm³/mol. The Labute approximate surface area is 132 Å². The van der Waals surface area contributed by atoms with E-state index in [4.69, 9.17) is 4.74 Å². The molecule has 1 saturated heterocycles. The molecule has 0 bridgehead atoms. The highest BCUT2D eigenvalue weighted by Gasteiger charge is 2.52. The zero-order valence-electron chi connectivity index (χ0n) is 13.5. The van der Waals surface area contributed by atoms with Crippen molar-refractivity contribution in [3.63, 3.8) is 0 Å². The molecular formula is C17H27N3O2. The van der Waals surface area contributed by atoms with Gasteiger partial charge in [-0.2, -0.15) is 0 Å². The monoisotopic (exact) mass is 305 g/mol. The van der Waals surface area contributed by atoms with Gasteiger partial charge in [-0.1, -0.05) is 0 Å². The van der Waals surface area contributed by atoms with E-state index in [1.807, 2.05) is 12.5 Å². The number of rotatable bonds is 7. The van der Waals surface area contributed by atoms with Gasteiger partial charge in [-0.15, -0.1) is 0 Å². The Bertz CT molecular complexity index is 482. The minimum absolute atomic E-state index is 0.155. The number of piperidine rings is 1. The molecule has 0 spiro atoms. The van der Waals surface area contributed by atoms with E-state index in [0.29, 0.717) is 11.9 Å². The van der Waals surface area contributed by atoms with Crippen molar-refractivity contribution in [1.29, 1.82) is 0 Å². The minimum atomic E-state index is -0.155. The lowest BCUT2D eigenvalue weighted by molar-refractivity contribution is -0.141. The standard InChI is InChI=1S/C17H27N3O2/c1-22-12-4-6-15-5-2-3-10-20(15)16(21)17(7-8-17)13-19-11-9-18-14-19/h9,11,14-15H,2-8,10,12-13H2,1H3/t15-/m1/s1. The highest BCUT2D eigenvalue weighted by atomic mass is 16.5. The third kappa shape index (κ3) is 3.35. The number of amides is 1. The van der Waals surface area contributed by atoms with E-state index >= 15 is 0 Å². The quantitative estimate of drug-likeness (QED) is 0.727. The summed E-state index contributed by atoms with van der Waals surface area (Å²) < 4.78 is 7.22. The Hall–Kier alpha value is -1.36. The van der Waals surface area contributed by atoms with Gasteiger partial charge in [0, 0.05) is 45.2 Å². The maximum atomic E-state index is 13.1. The van der Waals surface area contributed by atoms with Crippen LogP contribution < -0.4 is 0 Å². The smallest absolute Gasteiger partial charge is 0.230 e. The molecule has 1 aromatic rings. The Kier molecular flexibility index (Phi) is 4.81. The van der Waals surface area contributed by atoms with Crippen LogP contribution >= 0.6 is 0 Å². The number of hydrogen-bond acceptors (Lipinski definition) is 3. The SMILES string of the molecule is COCCC[C@H]1CCCCN1C(=O)C1(Cn2ccnc2)CC1. The number of carbonyl (C=O) groups excluding carboxylic acids is 1. The molecule has 2 aliphatic rings. The first kappa shape index (κ1) is 15.5. The van der Waals surface area contributed by atoms with Crippen LogP contribution in [0.25, 0.3) is 0 Å². The number of likely N-dealkylation sites (tertiary alicyclic amines) is 1. The van der Waals surface area contributed by atoms with E-state index in [1.54, 1.807) is 13.3 Å². The number of aromatic nitrogens is 2. The summed E-state index contributed by atoms with van der Waals surface area (Å²) in [6.45, 7) is 2.51. The lowest BCUT2D eigenvalue weighted by Crippen LogP contribution is -2.48. The van der Waals surface area contributed by atoms with Crippen molar-refractivity contribution < 1.29 is 9.53 Å². The molecule has 0 unspecified atom stereocenters. The van der Waals surface area contributed by atoms with Gasteiger partial charge in [0.15, 0.2) is 0 Å². The number of carbonyl (C=O) groups is 1. The summed E-state index contributed by atoms with van der Waals surface area (Å²) in [4.78, 5) is 19.4. The Morgan fingerprint density at radius 2 is 2.27 bits per heavy atom. The fourth-order valence-corrected chi connectivity index (χ4v) is 3.66. The van der Waals surface area contributed by atoms with Gasteiger partial charge in [0.25, 0.3) is 0 Å². The van der Waals surface area contributed by atoms with Crippen LogP contribution in [0.2, 0.25) is 0 Å². The van der Waals surface area contributed by atoms with Crippen LogP contribution in [0.5, 0.6) is 0 Å². The summed E-state index contributed by atoms with van der Waals surface area (Å²) in [6, 6.07) is 0.414. The van der Waals surface area contributed by atoms with Crippen LogP contribution in [0.4, 0.5) is 0 Å². The number of ether oxygens (including phenoxy) is 1. The summed E-state index contributed by atoms with van der Waals surface area (Å²) in [5.41, 5.74) is -0.155. The molecule has 1 aliphatic heterocycles. The molecule has 0 N–H and O–H groups in total. The van der Waals surface area contributed by atoms with Gasteiger partial charge in [0.2, 0.25) is 5.91 Å². The van der Waals surface area contributed by atoms with Crippen molar-refractivity contribution in [3.05, 3.63) is 18.7 Å². The molecule has 1 aliphatic carbocycles. The second kappa shape index (κ2) is 6.82. The molecule has 0 radical (unpaired) electrons. The maximum Gasteiger partial charge on any atom is 0.230 e. The van der Waals surface area contributed by atoms with Crippen LogP contribution in [-0.2, 0) is 16.1 Å². The zero-order chi connectivity index (χ0) is 15.4. The molecule has 1 amide bonds. The number of imidazole rings is 1. The normalized spacial score (nSPS) is 23.5. The van der Waals surface area contributed by atoms with Crippen LogP contribution in [0.15, 0.2) is 18.7 Å². The lowest BCUT2D eigenvalue weighted by Gasteiger charge is -2.38. The van der Waals surface area contributed by atoms with E-state index in [1.165, 1.54) is 6.42 Å². The summed E-state index contributed by atoms with van der Waals surface area (Å²) in [5, 5.41) is 0. The van der Waals surface area contributed by atoms with Crippen molar-refractivity contribution in [2.24, 2.45) is 5.41 Å². The van der Waals surface area contributed by atoms with Crippen LogP contribution in [0.3, 0.4) is 0 Å². The van der Waals surface area contributed by atoms with Crippen LogP contribution in [-0.4, -0.2) is 46.7 Å². The second-order valence-electron chi connectivity index (χ2n) is 6.80. The third-order valence-corrected chi connectivity index (χ3v) is 5.13. The van der Waals surface area contributed by atoms with E-state index in [2.05, 4.69) is 14.5 Å². The van der Waals surface area contributed by atoms with Gasteiger partial charge < -0.3 is 14.2 Å². The molecule has 22 heavy (non-hydrogen) atoms. The topological polar surface area (TPSA) is 47.4 Å². The summed E-state index contributed by atoms with van der Waals surface area (Å²) in [5.74, 6) is 0.378. The molecule has 2 heterocycles. The lowest BCUT2D eigenvalue weighted by atomic mass is 9.94. The van der Waals surface area contributed by atoms with Gasteiger partial charge in [-0.3, -0.25) is 4.79 Å². The van der Waals surface area contributed by atoms with Gasteiger partial charge in [-0.25, -0.2) is 4.98 Å². The van der Waals surface area contributed by atoms with Crippen molar-refractivity contribution in [1.82, 2.24) is 14.5 Å². The Balaban J connectivity index is 1.63. The summed E-state index contributed by atoms with van der Waals surface area (Å²) in [6.07, 6.45) is 13.3. The van der Waals surface area contributed by atoms with Gasteiger partial charge in [0.1, 0.15) is 0 Å². The first-order chi connectivity index (χ1) is 10.7. The number of methoxy groups -OCH3 is 1. The van der Waals surface area contributed by atoms with Crippen molar-refractivity contribution in [2.45, 2.75) is 57.5 Å². The average molecular weight is 305 g/mol. The third-order valence-electron chi connectivity index (χ3n) is 5.13. The largest absolute Gasteiger partial charge is 0.385 e. The first-order valence-electron chi connectivity index (χ1n) is 8.51. The molecule has 1 aromatic heterocycles. The molecule has 3 rings (SSSR count). The molecule has 5 nitrogen and oxygen atoms in total. The number of nitrogens with zero attached hydrogens (tertiary/aromatic N) is 3. The second-order valence-corrected chi connectivity index (χ2v) is 6.80. The van der Waals surface area contributed by atoms with E-state index in [0.717, 1.165) is 58.2 Å². The Morgan fingerprint density at radius 3 is 2.95 bits per heavy atom. The maximum absolute atomic E-state index is 13.1. The van der Waals surface area contributed by atoms with Crippen molar-refractivity contribution in [2.75, 3.05) is 20.3 Å². The molecular weight excluding hydrogens is 278 g/mol. The highest BCUT2D eigenvalue weighted by Crippen LogP contribution is 2.49. The van der Waals surface area contributed by atoms with Gasteiger partial charge >= 0.3 is 0 Å². The number of hydrogen-bond donors (Lipinski definition) is 0. The van der Waals surface area contributed by atoms with E-state index in [9.17, 15) is 4.79 Å². The van der Waals surface area contributed by atoms with Crippen LogP contribution in [0.1, 0.15) is 44.9 Å². The van der Waals surface area contributed by atoms with Gasteiger partial charge in [-0.05, 0) is 44.9 Å². The fourth-order valence-electron chi connectivity index (χ4n) is 3.66. The first-order valence-corrected chi connectivity index (χ1v) is 8.51. The highest BCUT2D eigenvalue weighted by molar-refractivity contribution is 5.85. The molecule has 0 aromatic carbocycles. The summed E-state index contributed by atoms with van der Waals surface area (Å²) >= 11 is 0. The van der Waals surface area contributed by atoms with Crippen LogP contribution in [0, 0.1) is 5.41 Å². The molecule has 2 fully saturated rings. The molecule has 1 saturated carbocycles. The summed E-state index contributed by atoms with van der Waals surface area (Å²) in [7, 11) is 1.74. The fraction of sp³-hybridized carbons (Fsp3) is 0.765. The minimum Gasteiger partial charge on any atom is -0.385 e. The molecule has 122 valence electrons. The van der Waals surface area contributed by atoms with E-state index < -0.39 is 0 Å². The average Bonchev–Trinajstić information content (AvgIpc) is 3.14. The van der Waals surface area contributed by atoms with Crippen molar-refractivity contribution >= 4 is 5.91 Å².